The largest absolute Gasteiger partial charge is 0.451 e. The van der Waals surface area contributed by atoms with Gasteiger partial charge in [-0.05, 0) is 0 Å². The molecule has 0 aliphatic carbocycles. The Morgan fingerprint density at radius 3 is 2.76 bits per heavy atom. The molecule has 0 atom stereocenters. The number of nitrogens with one attached hydrogen (secondary N) is 1. The van der Waals surface area contributed by atoms with Crippen LogP contribution in [-0.2, 0) is 19.3 Å². The van der Waals surface area contributed by atoms with Gasteiger partial charge in [-0.25, -0.2) is 9.97 Å². The van der Waals surface area contributed by atoms with Gasteiger partial charge in [0.05, 0.1) is 6.54 Å². The van der Waals surface area contributed by atoms with Gasteiger partial charge in [0.2, 0.25) is 5.82 Å². The maximum atomic E-state index is 12.8. The van der Waals surface area contributed by atoms with E-state index in [0.717, 1.165) is 0 Å². The van der Waals surface area contributed by atoms with Crippen molar-refractivity contribution in [2.24, 2.45) is 0 Å². The van der Waals surface area contributed by atoms with Gasteiger partial charge in [0.15, 0.2) is 5.82 Å². The molecule has 10 heteroatoms. The molecule has 3 rings (SSSR count). The Bertz CT molecular complexity index is 652. The number of aromatic nitrogens is 5. The summed E-state index contributed by atoms with van der Waals surface area (Å²) >= 11 is 0. The highest BCUT2D eigenvalue weighted by molar-refractivity contribution is 5.49. The molecule has 21 heavy (non-hydrogen) atoms. The Hall–Kier alpha value is -2.39. The van der Waals surface area contributed by atoms with Gasteiger partial charge >= 0.3 is 6.18 Å². The third kappa shape index (κ3) is 2.60. The van der Waals surface area contributed by atoms with Crippen LogP contribution in [-0.4, -0.2) is 38.3 Å². The summed E-state index contributed by atoms with van der Waals surface area (Å²) in [6.45, 7) is 1.49. The van der Waals surface area contributed by atoms with E-state index in [4.69, 9.17) is 0 Å². The SMILES string of the molecule is CNc1cc(N2CCn3cnnc3C2)nc(C(F)(F)F)n1. The van der Waals surface area contributed by atoms with Crippen molar-refractivity contribution < 1.29 is 13.2 Å². The molecular weight excluding hydrogens is 287 g/mol. The minimum absolute atomic E-state index is 0.124. The normalized spacial score (nSPS) is 15.0. The van der Waals surface area contributed by atoms with Crippen LogP contribution in [0.2, 0.25) is 0 Å². The minimum atomic E-state index is -4.59. The van der Waals surface area contributed by atoms with Crippen LogP contribution in [0.3, 0.4) is 0 Å². The second-order valence-electron chi connectivity index (χ2n) is 4.54. The number of nitrogens with zero attached hydrogens (tertiary/aromatic N) is 6. The first-order chi connectivity index (χ1) is 9.97. The zero-order valence-electron chi connectivity index (χ0n) is 11.1. The van der Waals surface area contributed by atoms with E-state index >= 15 is 0 Å². The summed E-state index contributed by atoms with van der Waals surface area (Å²) in [4.78, 5) is 8.80. The number of rotatable bonds is 2. The molecule has 0 spiro atoms. The molecule has 112 valence electrons. The molecule has 0 aromatic carbocycles. The molecule has 1 aliphatic heterocycles. The predicted octanol–water partition coefficient (Wildman–Crippen LogP) is 1.15. The highest BCUT2D eigenvalue weighted by atomic mass is 19.4. The first kappa shape index (κ1) is 13.6. The van der Waals surface area contributed by atoms with Crippen LogP contribution in [0.1, 0.15) is 11.6 Å². The van der Waals surface area contributed by atoms with Gasteiger partial charge in [-0.15, -0.1) is 10.2 Å². The summed E-state index contributed by atoms with van der Waals surface area (Å²) in [6.07, 6.45) is -2.98. The first-order valence-corrected chi connectivity index (χ1v) is 6.23. The summed E-state index contributed by atoms with van der Waals surface area (Å²) in [6, 6.07) is 1.49. The van der Waals surface area contributed by atoms with Crippen molar-refractivity contribution >= 4 is 11.6 Å². The van der Waals surface area contributed by atoms with Gasteiger partial charge in [-0.2, -0.15) is 13.2 Å². The summed E-state index contributed by atoms with van der Waals surface area (Å²) in [5.74, 6) is -0.119. The Morgan fingerprint density at radius 2 is 2.05 bits per heavy atom. The summed E-state index contributed by atoms with van der Waals surface area (Å²) < 4.78 is 40.4. The van der Waals surface area contributed by atoms with Crippen molar-refractivity contribution in [2.45, 2.75) is 19.3 Å². The predicted molar refractivity (Wildman–Crippen MR) is 67.7 cm³/mol. The van der Waals surface area contributed by atoms with E-state index in [2.05, 4.69) is 25.5 Å². The molecule has 7 nitrogen and oxygen atoms in total. The van der Waals surface area contributed by atoms with Crippen LogP contribution in [0, 0.1) is 0 Å². The Kier molecular flexibility index (Phi) is 3.15. The number of anilines is 2. The fraction of sp³-hybridized carbons (Fsp3) is 0.455. The lowest BCUT2D eigenvalue weighted by Crippen LogP contribution is -2.34. The van der Waals surface area contributed by atoms with Gasteiger partial charge in [-0.3, -0.25) is 0 Å². The lowest BCUT2D eigenvalue weighted by Gasteiger charge is -2.28. The van der Waals surface area contributed by atoms with Crippen molar-refractivity contribution in [3.63, 3.8) is 0 Å². The van der Waals surface area contributed by atoms with Crippen molar-refractivity contribution in [2.75, 3.05) is 23.8 Å². The van der Waals surface area contributed by atoms with Crippen LogP contribution in [0.25, 0.3) is 0 Å². The Labute approximate surface area is 117 Å². The Morgan fingerprint density at radius 1 is 1.24 bits per heavy atom. The molecule has 0 saturated carbocycles. The quantitative estimate of drug-likeness (QED) is 0.897. The first-order valence-electron chi connectivity index (χ1n) is 6.23. The molecule has 2 aromatic heterocycles. The average Bonchev–Trinajstić information content (AvgIpc) is 2.93. The highest BCUT2D eigenvalue weighted by Gasteiger charge is 2.36. The molecule has 2 aromatic rings. The van der Waals surface area contributed by atoms with Crippen molar-refractivity contribution in [1.29, 1.82) is 0 Å². The molecule has 1 N–H and O–H groups in total. The van der Waals surface area contributed by atoms with Crippen LogP contribution in [0.15, 0.2) is 12.4 Å². The van der Waals surface area contributed by atoms with E-state index in [-0.39, 0.29) is 11.6 Å². The lowest BCUT2D eigenvalue weighted by atomic mass is 10.3. The minimum Gasteiger partial charge on any atom is -0.373 e. The smallest absolute Gasteiger partial charge is 0.373 e. The second-order valence-corrected chi connectivity index (χ2v) is 4.54. The van der Waals surface area contributed by atoms with E-state index in [1.54, 1.807) is 11.2 Å². The maximum Gasteiger partial charge on any atom is 0.451 e. The van der Waals surface area contributed by atoms with Crippen LogP contribution >= 0.6 is 0 Å². The average molecular weight is 299 g/mol. The van der Waals surface area contributed by atoms with Gasteiger partial charge in [0.1, 0.15) is 18.0 Å². The van der Waals surface area contributed by atoms with Gasteiger partial charge in [-0.1, -0.05) is 0 Å². The third-order valence-electron chi connectivity index (χ3n) is 3.19. The summed E-state index contributed by atoms with van der Waals surface area (Å²) in [7, 11) is 1.51. The summed E-state index contributed by atoms with van der Waals surface area (Å²) in [5.41, 5.74) is 0. The van der Waals surface area contributed by atoms with E-state index in [1.807, 2.05) is 4.57 Å². The molecule has 1 aliphatic rings. The zero-order valence-corrected chi connectivity index (χ0v) is 11.1. The molecule has 0 saturated heterocycles. The topological polar surface area (TPSA) is 71.8 Å². The van der Waals surface area contributed by atoms with Crippen molar-refractivity contribution in [3.05, 3.63) is 24.0 Å². The fourth-order valence-electron chi connectivity index (χ4n) is 2.11. The molecule has 0 fully saturated rings. The number of hydrogen-bond donors (Lipinski definition) is 1. The van der Waals surface area contributed by atoms with E-state index in [9.17, 15) is 13.2 Å². The monoisotopic (exact) mass is 299 g/mol. The fourth-order valence-corrected chi connectivity index (χ4v) is 2.11. The number of alkyl halides is 3. The third-order valence-corrected chi connectivity index (χ3v) is 3.19. The number of hydrogen-bond acceptors (Lipinski definition) is 6. The van der Waals surface area contributed by atoms with Gasteiger partial charge in [0.25, 0.3) is 0 Å². The van der Waals surface area contributed by atoms with E-state index in [1.165, 1.54) is 13.1 Å². The molecule has 0 radical (unpaired) electrons. The maximum absolute atomic E-state index is 12.8. The second kappa shape index (κ2) is 4.86. The molecule has 0 bridgehead atoms. The van der Waals surface area contributed by atoms with Crippen LogP contribution < -0.4 is 10.2 Å². The molecular formula is C11H12F3N7. The molecule has 0 amide bonds. The van der Waals surface area contributed by atoms with E-state index in [0.29, 0.717) is 25.5 Å². The highest BCUT2D eigenvalue weighted by Crippen LogP contribution is 2.30. The van der Waals surface area contributed by atoms with Gasteiger partial charge in [0, 0.05) is 26.2 Å². The van der Waals surface area contributed by atoms with Crippen molar-refractivity contribution in [3.8, 4) is 0 Å². The van der Waals surface area contributed by atoms with Crippen molar-refractivity contribution in [1.82, 2.24) is 24.7 Å². The zero-order chi connectivity index (χ0) is 15.0. The standard InChI is InChI=1S/C11H12F3N7/c1-15-7-4-8(18-10(17-7)11(12,13)14)20-2-3-21-6-16-19-9(21)5-20/h4,6H,2-3,5H2,1H3,(H,15,17,18). The Balaban J connectivity index is 1.95. The number of halogens is 3. The van der Waals surface area contributed by atoms with Crippen LogP contribution in [0.4, 0.5) is 24.8 Å². The molecule has 0 unspecified atom stereocenters. The lowest BCUT2D eigenvalue weighted by molar-refractivity contribution is -0.144. The number of fused-ring (bicyclic) bond motifs is 1. The van der Waals surface area contributed by atoms with Gasteiger partial charge < -0.3 is 14.8 Å². The van der Waals surface area contributed by atoms with Crippen LogP contribution in [0.5, 0.6) is 0 Å². The summed E-state index contributed by atoms with van der Waals surface area (Å²) in [5, 5.41) is 10.3. The molecule has 3 heterocycles. The van der Waals surface area contributed by atoms with E-state index < -0.39 is 12.0 Å².